The zero-order chi connectivity index (χ0) is 25.3. The summed E-state index contributed by atoms with van der Waals surface area (Å²) in [5.74, 6) is -3.30. The van der Waals surface area contributed by atoms with Crippen molar-refractivity contribution in [2.24, 2.45) is 5.73 Å². The van der Waals surface area contributed by atoms with Crippen molar-refractivity contribution in [3.63, 3.8) is 0 Å². The van der Waals surface area contributed by atoms with Crippen LogP contribution in [0.3, 0.4) is 0 Å². The van der Waals surface area contributed by atoms with Gasteiger partial charge in [0.2, 0.25) is 5.91 Å². The van der Waals surface area contributed by atoms with Gasteiger partial charge in [0.25, 0.3) is 17.7 Å². The molecule has 0 heterocycles. The van der Waals surface area contributed by atoms with Gasteiger partial charge in [-0.2, -0.15) is 13.2 Å². The fourth-order valence-electron chi connectivity index (χ4n) is 2.56. The Kier molecular flexibility index (Phi) is 9.25. The van der Waals surface area contributed by atoms with Gasteiger partial charge in [-0.3, -0.25) is 30.0 Å². The summed E-state index contributed by atoms with van der Waals surface area (Å²) in [6.45, 7) is -0.704. The number of hydrazine groups is 1. The lowest BCUT2D eigenvalue weighted by atomic mass is 10.1. The van der Waals surface area contributed by atoms with E-state index in [0.717, 1.165) is 18.2 Å². The molecule has 4 amide bonds. The fourth-order valence-corrected chi connectivity index (χ4v) is 2.69. The molecule has 1 unspecified atom stereocenters. The number of hydrogen-bond acceptors (Lipinski definition) is 5. The number of alkyl halides is 3. The van der Waals surface area contributed by atoms with Crippen LogP contribution in [0, 0.1) is 0 Å². The molecule has 2 rings (SSSR count). The molecule has 0 aliphatic heterocycles. The van der Waals surface area contributed by atoms with E-state index in [2.05, 4.69) is 10.7 Å². The quantitative estimate of drug-likeness (QED) is 0.390. The van der Waals surface area contributed by atoms with Crippen molar-refractivity contribution in [1.29, 1.82) is 0 Å². The molecule has 0 saturated heterocycles. The Labute approximate surface area is 196 Å². The van der Waals surface area contributed by atoms with Crippen molar-refractivity contribution < 1.29 is 37.1 Å². The molecule has 0 bridgehead atoms. The van der Waals surface area contributed by atoms with Crippen LogP contribution in [-0.4, -0.2) is 36.3 Å². The van der Waals surface area contributed by atoms with Gasteiger partial charge < -0.3 is 15.8 Å². The number of benzene rings is 2. The van der Waals surface area contributed by atoms with E-state index in [1.165, 1.54) is 30.3 Å². The number of ether oxygens (including phenoxy) is 1. The minimum Gasteiger partial charge on any atom is -0.484 e. The van der Waals surface area contributed by atoms with Crippen LogP contribution in [0.4, 0.5) is 13.2 Å². The molecule has 1 atom stereocenters. The Morgan fingerprint density at radius 1 is 1.03 bits per heavy atom. The molecular weight excluding hydrogens is 481 g/mol. The van der Waals surface area contributed by atoms with Crippen molar-refractivity contribution >= 4 is 35.2 Å². The number of nitrogens with one attached hydrogen (secondary N) is 3. The first-order chi connectivity index (χ1) is 16.0. The predicted octanol–water partition coefficient (Wildman–Crippen LogP) is 1.95. The number of halogens is 4. The van der Waals surface area contributed by atoms with Crippen LogP contribution >= 0.6 is 11.6 Å². The maximum absolute atomic E-state index is 12.7. The zero-order valence-corrected chi connectivity index (χ0v) is 18.2. The number of carbonyl (C=O) groups is 4. The Bertz CT molecular complexity index is 1050. The molecule has 9 nitrogen and oxygen atoms in total. The predicted molar refractivity (Wildman–Crippen MR) is 114 cm³/mol. The lowest BCUT2D eigenvalue weighted by Gasteiger charge is -2.18. The first kappa shape index (κ1) is 26.5. The van der Waals surface area contributed by atoms with Gasteiger partial charge >= 0.3 is 6.18 Å². The van der Waals surface area contributed by atoms with Crippen molar-refractivity contribution in [3.05, 3.63) is 64.7 Å². The number of carbonyl (C=O) groups excluding carboxylic acids is 4. The Morgan fingerprint density at radius 2 is 1.71 bits per heavy atom. The third-order valence-electron chi connectivity index (χ3n) is 4.26. The molecule has 0 aromatic heterocycles. The minimum absolute atomic E-state index is 0.156. The van der Waals surface area contributed by atoms with Gasteiger partial charge in [0, 0.05) is 17.0 Å². The van der Waals surface area contributed by atoms with Crippen molar-refractivity contribution in [2.75, 3.05) is 6.61 Å². The third-order valence-corrected chi connectivity index (χ3v) is 4.52. The largest absolute Gasteiger partial charge is 0.484 e. The monoisotopic (exact) mass is 500 g/mol. The number of primary amides is 1. The standard InChI is InChI=1S/C21H20ClF3N4O5/c22-14-6-4-12(5-7-14)19(32)27-16(8-9-17(26)30)20(33)29-28-18(31)11-34-15-3-1-2-13(10-15)21(23,24)25/h1-7,10,16H,8-9,11H2,(H2,26,30)(H,27,32)(H,28,31)(H,29,33). The lowest BCUT2D eigenvalue weighted by molar-refractivity contribution is -0.137. The SMILES string of the molecule is NC(=O)CCC(NC(=O)c1ccc(Cl)cc1)C(=O)NNC(=O)COc1cccc(C(F)(F)F)c1. The first-order valence-electron chi connectivity index (χ1n) is 9.69. The summed E-state index contributed by atoms with van der Waals surface area (Å²) in [6.07, 6.45) is -4.96. The average Bonchev–Trinajstić information content (AvgIpc) is 2.78. The number of nitrogens with two attached hydrogens (primary N) is 1. The van der Waals surface area contributed by atoms with Gasteiger partial charge in [0.1, 0.15) is 11.8 Å². The van der Waals surface area contributed by atoms with Crippen molar-refractivity contribution in [1.82, 2.24) is 16.2 Å². The Morgan fingerprint density at radius 3 is 2.32 bits per heavy atom. The summed E-state index contributed by atoms with van der Waals surface area (Å²) in [5, 5.41) is 2.82. The van der Waals surface area contributed by atoms with Crippen LogP contribution in [0.15, 0.2) is 48.5 Å². The molecule has 13 heteroatoms. The lowest BCUT2D eigenvalue weighted by Crippen LogP contribution is -2.53. The van der Waals surface area contributed by atoms with Crippen LogP contribution in [0.25, 0.3) is 0 Å². The zero-order valence-electron chi connectivity index (χ0n) is 17.4. The van der Waals surface area contributed by atoms with Crippen LogP contribution in [0.1, 0.15) is 28.8 Å². The molecule has 34 heavy (non-hydrogen) atoms. The molecule has 2 aromatic carbocycles. The molecule has 2 aromatic rings. The summed E-state index contributed by atoms with van der Waals surface area (Å²) < 4.78 is 43.2. The number of hydrogen-bond donors (Lipinski definition) is 4. The van der Waals surface area contributed by atoms with E-state index in [0.29, 0.717) is 5.02 Å². The van der Waals surface area contributed by atoms with E-state index in [-0.39, 0.29) is 24.2 Å². The summed E-state index contributed by atoms with van der Waals surface area (Å²) in [6, 6.07) is 8.47. The molecule has 5 N–H and O–H groups in total. The van der Waals surface area contributed by atoms with Crippen LogP contribution < -0.4 is 26.6 Å². The highest BCUT2D eigenvalue weighted by molar-refractivity contribution is 6.30. The van der Waals surface area contributed by atoms with Gasteiger partial charge in [-0.05, 0) is 48.9 Å². The van der Waals surface area contributed by atoms with Gasteiger partial charge in [0.15, 0.2) is 6.61 Å². The van der Waals surface area contributed by atoms with Crippen molar-refractivity contribution in [2.45, 2.75) is 25.1 Å². The van der Waals surface area contributed by atoms with Gasteiger partial charge in [-0.25, -0.2) is 0 Å². The molecule has 0 spiro atoms. The molecule has 0 aliphatic carbocycles. The summed E-state index contributed by atoms with van der Waals surface area (Å²) in [5.41, 5.74) is 8.42. The van der Waals surface area contributed by atoms with E-state index in [1.807, 2.05) is 5.43 Å². The van der Waals surface area contributed by atoms with Gasteiger partial charge in [-0.15, -0.1) is 0 Å². The highest BCUT2D eigenvalue weighted by atomic mass is 35.5. The molecule has 0 fully saturated rings. The maximum Gasteiger partial charge on any atom is 0.416 e. The van der Waals surface area contributed by atoms with E-state index in [9.17, 15) is 32.3 Å². The molecule has 0 radical (unpaired) electrons. The Hall–Kier alpha value is -3.80. The fraction of sp³-hybridized carbons (Fsp3) is 0.238. The summed E-state index contributed by atoms with van der Waals surface area (Å²) in [7, 11) is 0. The van der Waals surface area contributed by atoms with Gasteiger partial charge in [0.05, 0.1) is 5.56 Å². The second kappa shape index (κ2) is 11.9. The molecule has 182 valence electrons. The van der Waals surface area contributed by atoms with Crippen LogP contribution in [0.5, 0.6) is 5.75 Å². The third kappa shape index (κ3) is 8.62. The van der Waals surface area contributed by atoms with E-state index in [1.54, 1.807) is 0 Å². The molecule has 0 saturated carbocycles. The maximum atomic E-state index is 12.7. The van der Waals surface area contributed by atoms with E-state index < -0.39 is 48.0 Å². The highest BCUT2D eigenvalue weighted by Crippen LogP contribution is 2.31. The normalized spacial score (nSPS) is 11.8. The second-order valence-electron chi connectivity index (χ2n) is 6.89. The van der Waals surface area contributed by atoms with E-state index in [4.69, 9.17) is 22.1 Å². The summed E-state index contributed by atoms with van der Waals surface area (Å²) >= 11 is 5.77. The van der Waals surface area contributed by atoms with E-state index >= 15 is 0 Å². The first-order valence-corrected chi connectivity index (χ1v) is 10.1. The number of rotatable bonds is 9. The van der Waals surface area contributed by atoms with Crippen LogP contribution in [0.2, 0.25) is 5.02 Å². The molecule has 0 aliphatic rings. The van der Waals surface area contributed by atoms with Gasteiger partial charge in [-0.1, -0.05) is 17.7 Å². The topological polar surface area (TPSA) is 140 Å². The summed E-state index contributed by atoms with van der Waals surface area (Å²) in [4.78, 5) is 47.8. The average molecular weight is 501 g/mol. The number of amides is 4. The molecular formula is C21H20ClF3N4O5. The minimum atomic E-state index is -4.58. The highest BCUT2D eigenvalue weighted by Gasteiger charge is 2.30. The van der Waals surface area contributed by atoms with Crippen LogP contribution in [-0.2, 0) is 20.6 Å². The van der Waals surface area contributed by atoms with Crippen molar-refractivity contribution in [3.8, 4) is 5.75 Å². The smallest absolute Gasteiger partial charge is 0.416 e. The Balaban J connectivity index is 1.92. The second-order valence-corrected chi connectivity index (χ2v) is 7.33.